The summed E-state index contributed by atoms with van der Waals surface area (Å²) >= 11 is 0. The van der Waals surface area contributed by atoms with E-state index in [0.717, 1.165) is 44.3 Å². The van der Waals surface area contributed by atoms with E-state index < -0.39 is 49.5 Å². The number of fused-ring (bicyclic) bond motifs is 7. The van der Waals surface area contributed by atoms with Gasteiger partial charge >= 0.3 is 0 Å². The van der Waals surface area contributed by atoms with Crippen LogP contribution in [0.15, 0.2) is 23.0 Å². The van der Waals surface area contributed by atoms with Crippen molar-refractivity contribution in [3.8, 4) is 0 Å². The Morgan fingerprint density at radius 3 is 2.55 bits per heavy atom. The molecule has 0 aromatic rings. The van der Waals surface area contributed by atoms with Gasteiger partial charge in [0.15, 0.2) is 6.29 Å². The van der Waals surface area contributed by atoms with Gasteiger partial charge in [-0.2, -0.15) is 0 Å². The quantitative estimate of drug-likeness (QED) is 0.245. The van der Waals surface area contributed by atoms with E-state index in [9.17, 15) is 30.6 Å². The van der Waals surface area contributed by atoms with Crippen LogP contribution < -0.4 is 0 Å². The Morgan fingerprint density at radius 2 is 1.81 bits per heavy atom. The third kappa shape index (κ3) is 4.82. The van der Waals surface area contributed by atoms with E-state index in [2.05, 4.69) is 33.8 Å². The molecular formula is C33H52O9. The molecule has 15 atom stereocenters. The summed E-state index contributed by atoms with van der Waals surface area (Å²) in [4.78, 5) is 0. The minimum Gasteiger partial charge on any atom is -0.494 e. The van der Waals surface area contributed by atoms with Crippen LogP contribution >= 0.6 is 0 Å². The van der Waals surface area contributed by atoms with Crippen LogP contribution in [-0.4, -0.2) is 92.9 Å². The van der Waals surface area contributed by atoms with Crippen molar-refractivity contribution in [1.29, 1.82) is 0 Å². The molecule has 6 aliphatic rings. The molecule has 1 saturated heterocycles. The molecule has 4 aliphatic carbocycles. The summed E-state index contributed by atoms with van der Waals surface area (Å²) in [5.74, 6) is 3.20. The first kappa shape index (κ1) is 31.0. The normalized spacial score (nSPS) is 50.8. The van der Waals surface area contributed by atoms with Crippen molar-refractivity contribution in [2.24, 2.45) is 40.4 Å². The van der Waals surface area contributed by atoms with Crippen molar-refractivity contribution in [2.75, 3.05) is 13.2 Å². The maximum Gasteiger partial charge on any atom is 0.186 e. The van der Waals surface area contributed by atoms with Crippen LogP contribution in [0, 0.1) is 40.4 Å². The molecular weight excluding hydrogens is 540 g/mol. The Kier molecular flexibility index (Phi) is 8.40. The van der Waals surface area contributed by atoms with Crippen molar-refractivity contribution in [1.82, 2.24) is 0 Å². The molecule has 0 aromatic carbocycles. The van der Waals surface area contributed by atoms with Gasteiger partial charge in [-0.25, -0.2) is 0 Å². The molecule has 3 saturated carbocycles. The van der Waals surface area contributed by atoms with E-state index >= 15 is 0 Å². The van der Waals surface area contributed by atoms with Crippen LogP contribution in [0.4, 0.5) is 0 Å². The van der Waals surface area contributed by atoms with Crippen LogP contribution in [0.2, 0.25) is 0 Å². The molecule has 2 aliphatic heterocycles. The first-order valence-electron chi connectivity index (χ1n) is 16.2. The van der Waals surface area contributed by atoms with Crippen molar-refractivity contribution >= 4 is 0 Å². The molecule has 0 aromatic heterocycles. The average molecular weight is 593 g/mol. The minimum atomic E-state index is -1.44. The third-order valence-electron chi connectivity index (χ3n) is 12.6. The number of aliphatic hydroxyl groups is 6. The number of hydrogen-bond acceptors (Lipinski definition) is 9. The number of allylic oxidation sites excluding steroid dienone is 2. The minimum absolute atomic E-state index is 0.143. The highest BCUT2D eigenvalue weighted by Gasteiger charge is 2.64. The van der Waals surface area contributed by atoms with Crippen molar-refractivity contribution in [2.45, 2.75) is 128 Å². The highest BCUT2D eigenvalue weighted by molar-refractivity contribution is 5.31. The highest BCUT2D eigenvalue weighted by atomic mass is 16.7. The summed E-state index contributed by atoms with van der Waals surface area (Å²) < 4.78 is 18.0. The van der Waals surface area contributed by atoms with Gasteiger partial charge in [0.1, 0.15) is 30.5 Å². The Balaban J connectivity index is 1.08. The van der Waals surface area contributed by atoms with Gasteiger partial charge in [-0.05, 0) is 80.1 Å². The molecule has 6 N–H and O–H groups in total. The fraction of sp³-hybridized carbons (Fsp3) is 0.879. The van der Waals surface area contributed by atoms with Crippen LogP contribution in [0.1, 0.15) is 79.1 Å². The summed E-state index contributed by atoms with van der Waals surface area (Å²) in [5, 5.41) is 61.2. The lowest BCUT2D eigenvalue weighted by Crippen LogP contribution is -2.59. The smallest absolute Gasteiger partial charge is 0.186 e. The Hall–Kier alpha value is -1.04. The number of rotatable bonds is 7. The molecule has 0 unspecified atom stereocenters. The zero-order chi connectivity index (χ0) is 30.1. The molecule has 9 heteroatoms. The van der Waals surface area contributed by atoms with Crippen molar-refractivity contribution in [3.63, 3.8) is 0 Å². The van der Waals surface area contributed by atoms with Crippen LogP contribution in [-0.2, 0) is 14.2 Å². The standard InChI is InChI=1S/C33H52O9/c1-16(15-40-31-30(39)29(38)28(37)25(14-34)42-31)5-8-23-17(2)27-24(41-23)13-22-20-7-6-18-11-19(35)12-26(36)33(18,4)21(20)9-10-32(22,27)3/h6,16,19-22,24-31,34-39H,5,7-15H2,1-4H3/t16-,19+,20+,21-,22-,24-,25+,26+,27-,28+,29-,30+,31+,32-,33-/m0/s1. The highest BCUT2D eigenvalue weighted by Crippen LogP contribution is 2.69. The molecule has 0 spiro atoms. The summed E-state index contributed by atoms with van der Waals surface area (Å²) in [5.41, 5.74) is 2.60. The summed E-state index contributed by atoms with van der Waals surface area (Å²) in [6.45, 7) is 8.89. The molecule has 0 bridgehead atoms. The molecule has 238 valence electrons. The number of hydrogen-bond donors (Lipinski definition) is 6. The van der Waals surface area contributed by atoms with E-state index in [1.807, 2.05) is 0 Å². The van der Waals surface area contributed by atoms with E-state index in [-0.39, 0.29) is 22.9 Å². The first-order valence-corrected chi connectivity index (χ1v) is 16.2. The van der Waals surface area contributed by atoms with Gasteiger partial charge in [0.25, 0.3) is 0 Å². The van der Waals surface area contributed by atoms with E-state index in [1.165, 1.54) is 11.1 Å². The van der Waals surface area contributed by atoms with Crippen LogP contribution in [0.3, 0.4) is 0 Å². The lowest BCUT2D eigenvalue weighted by Gasteiger charge is -2.59. The van der Waals surface area contributed by atoms with Crippen molar-refractivity contribution < 1.29 is 44.8 Å². The molecule has 0 radical (unpaired) electrons. The second-order valence-corrected chi connectivity index (χ2v) is 14.9. The second kappa shape index (κ2) is 11.4. The third-order valence-corrected chi connectivity index (χ3v) is 12.6. The average Bonchev–Trinajstić information content (AvgIpc) is 3.43. The predicted molar refractivity (Wildman–Crippen MR) is 154 cm³/mol. The molecule has 42 heavy (non-hydrogen) atoms. The number of ether oxygens (including phenoxy) is 3. The monoisotopic (exact) mass is 592 g/mol. The lowest BCUT2D eigenvalue weighted by atomic mass is 9.46. The van der Waals surface area contributed by atoms with E-state index in [4.69, 9.17) is 14.2 Å². The Labute approximate surface area is 249 Å². The van der Waals surface area contributed by atoms with Gasteiger partial charge < -0.3 is 44.8 Å². The molecule has 9 nitrogen and oxygen atoms in total. The Bertz CT molecular complexity index is 1070. The van der Waals surface area contributed by atoms with Crippen LogP contribution in [0.25, 0.3) is 0 Å². The fourth-order valence-electron chi connectivity index (χ4n) is 10.2. The van der Waals surface area contributed by atoms with Gasteiger partial charge in [-0.15, -0.1) is 0 Å². The topological polar surface area (TPSA) is 149 Å². The fourth-order valence-corrected chi connectivity index (χ4v) is 10.2. The van der Waals surface area contributed by atoms with Gasteiger partial charge in [-0.3, -0.25) is 0 Å². The lowest BCUT2D eigenvalue weighted by molar-refractivity contribution is -0.303. The number of aliphatic hydroxyl groups excluding tert-OH is 6. The summed E-state index contributed by atoms with van der Waals surface area (Å²) in [6.07, 6.45) is 2.50. The molecule has 0 amide bonds. The molecule has 2 heterocycles. The predicted octanol–water partition coefficient (Wildman–Crippen LogP) is 2.41. The second-order valence-electron chi connectivity index (χ2n) is 14.9. The van der Waals surface area contributed by atoms with Gasteiger partial charge in [0, 0.05) is 24.2 Å². The van der Waals surface area contributed by atoms with E-state index in [1.54, 1.807) is 0 Å². The largest absolute Gasteiger partial charge is 0.494 e. The maximum absolute atomic E-state index is 11.2. The summed E-state index contributed by atoms with van der Waals surface area (Å²) in [7, 11) is 0. The summed E-state index contributed by atoms with van der Waals surface area (Å²) in [6, 6.07) is 0. The van der Waals surface area contributed by atoms with Crippen LogP contribution in [0.5, 0.6) is 0 Å². The Morgan fingerprint density at radius 1 is 1.05 bits per heavy atom. The van der Waals surface area contributed by atoms with E-state index in [0.29, 0.717) is 43.1 Å². The zero-order valence-electron chi connectivity index (χ0n) is 25.6. The van der Waals surface area contributed by atoms with Gasteiger partial charge in [0.05, 0.1) is 31.2 Å². The first-order chi connectivity index (χ1) is 19.9. The van der Waals surface area contributed by atoms with Gasteiger partial charge in [0.2, 0.25) is 0 Å². The maximum atomic E-state index is 11.2. The van der Waals surface area contributed by atoms with Crippen molar-refractivity contribution in [3.05, 3.63) is 23.0 Å². The molecule has 6 rings (SSSR count). The SMILES string of the molecule is CC1=C(CC[C@H](C)CO[C@@H]2O[C@H](CO)[C@@H](O)[C@H](O)[C@H]2O)O[C@H]2C[C@H]3[C@@H]4CC=C5C[C@@H](O)C[C@@H](O)[C@]5(C)[C@H]4CC[C@]3(C)[C@@H]12. The van der Waals surface area contributed by atoms with Gasteiger partial charge in [-0.1, -0.05) is 32.4 Å². The zero-order valence-corrected chi connectivity index (χ0v) is 25.6. The molecule has 4 fully saturated rings.